The van der Waals surface area contributed by atoms with Crippen LogP contribution in [0.15, 0.2) is 127 Å². The van der Waals surface area contributed by atoms with Crippen LogP contribution in [0.4, 0.5) is 15.8 Å². The van der Waals surface area contributed by atoms with Gasteiger partial charge in [-0.05, 0) is 111 Å². The van der Waals surface area contributed by atoms with E-state index in [2.05, 4.69) is 112 Å². The van der Waals surface area contributed by atoms with Crippen molar-refractivity contribution in [3.8, 4) is 22.3 Å². The van der Waals surface area contributed by atoms with Gasteiger partial charge in [-0.25, -0.2) is 4.39 Å². The lowest BCUT2D eigenvalue weighted by Gasteiger charge is -2.26. The Hall–Kier alpha value is -8.78. The van der Waals surface area contributed by atoms with E-state index in [0.29, 0.717) is 35.5 Å². The van der Waals surface area contributed by atoms with Crippen LogP contribution in [0, 0.1) is 33.5 Å². The van der Waals surface area contributed by atoms with Gasteiger partial charge in [0.15, 0.2) is 11.4 Å². The fraction of sp³-hybridized carbons (Fsp3) is 0.266. The Morgan fingerprint density at radius 1 is 0.615 bits per heavy atom. The number of nitrogens with one attached hydrogen (secondary N) is 2. The number of benzene rings is 6. The molecule has 1 atom stereocenters. The smallest absolute Gasteiger partial charge is 0.273 e. The highest BCUT2D eigenvalue weighted by Crippen LogP contribution is 2.42. The van der Waals surface area contributed by atoms with Crippen molar-refractivity contribution in [3.05, 3.63) is 184 Å². The van der Waals surface area contributed by atoms with Crippen LogP contribution in [-0.4, -0.2) is 73.8 Å². The van der Waals surface area contributed by atoms with Crippen molar-refractivity contribution < 1.29 is 18.8 Å². The first-order valence-corrected chi connectivity index (χ1v) is 26.8. The van der Waals surface area contributed by atoms with Crippen LogP contribution in [-0.2, 0) is 18.3 Å². The number of anilines is 2. The summed E-state index contributed by atoms with van der Waals surface area (Å²) in [4.78, 5) is 39.8. The summed E-state index contributed by atoms with van der Waals surface area (Å²) in [5.41, 5.74) is 28.8. The predicted octanol–water partition coefficient (Wildman–Crippen LogP) is 11.9. The van der Waals surface area contributed by atoms with E-state index in [0.717, 1.165) is 123 Å². The fourth-order valence-corrected chi connectivity index (χ4v) is 10.7. The molecule has 3 aromatic heterocycles. The number of amides is 3. The lowest BCUT2D eigenvalue weighted by Crippen LogP contribution is -2.30. The number of rotatable bonds is 10. The minimum atomic E-state index is -0.286. The number of allylic oxidation sites excluding steroid dienone is 1. The van der Waals surface area contributed by atoms with E-state index in [1.54, 1.807) is 6.07 Å². The number of carbonyl (C=O) groups is 3. The van der Waals surface area contributed by atoms with E-state index >= 15 is 0 Å². The van der Waals surface area contributed by atoms with E-state index in [4.69, 9.17) is 11.5 Å². The first kappa shape index (κ1) is 54.0. The summed E-state index contributed by atoms with van der Waals surface area (Å²) in [6, 6.07) is 39.4. The number of hydrogen-bond donors (Lipinski definition) is 4. The highest BCUT2D eigenvalue weighted by Gasteiger charge is 2.33. The number of nitrogens with two attached hydrogens (primary N) is 2. The summed E-state index contributed by atoms with van der Waals surface area (Å²) >= 11 is 0. The molecule has 0 saturated carbocycles. The summed E-state index contributed by atoms with van der Waals surface area (Å²) < 4.78 is 16.2. The molecule has 1 aliphatic carbocycles. The number of hydrogen-bond acceptors (Lipinski definition) is 9. The third-order valence-electron chi connectivity index (χ3n) is 14.8. The molecule has 1 unspecified atom stereocenters. The third-order valence-corrected chi connectivity index (χ3v) is 14.8. The van der Waals surface area contributed by atoms with Gasteiger partial charge >= 0.3 is 0 Å². The molecule has 9 aromatic rings. The van der Waals surface area contributed by atoms with Crippen LogP contribution in [0.25, 0.3) is 60.5 Å². The number of halogens is 1. The van der Waals surface area contributed by atoms with Gasteiger partial charge in [0, 0.05) is 88.8 Å². The Kier molecular flexibility index (Phi) is 16.4. The number of nitrogen functional groups attached to an aromatic ring is 2. The average molecular weight is 1040 g/mol. The largest absolute Gasteiger partial charge is 0.396 e. The van der Waals surface area contributed by atoms with Gasteiger partial charge in [0.25, 0.3) is 17.7 Å². The lowest BCUT2D eigenvalue weighted by molar-refractivity contribution is -0.124. The molecule has 6 aromatic carbocycles. The SMILES string of the molecule is CCCNC(=O)c1nnc2c(-c3c(C)cccc3C)cccc2c1N.CCCNC(=O)c1nnc2c(-c3cc(C)ccc3C)cccc2c1N.Cn1c2c(c3cc(F)ccc31)C(C(=O)N1CCCC1)=CC(c1ccccc1)C2. The van der Waals surface area contributed by atoms with Gasteiger partial charge in [-0.2, -0.15) is 0 Å². The quantitative estimate of drug-likeness (QED) is 0.103. The van der Waals surface area contributed by atoms with E-state index in [-0.39, 0.29) is 40.8 Å². The number of aryl methyl sites for hydroxylation is 5. The van der Waals surface area contributed by atoms with Gasteiger partial charge in [-0.3, -0.25) is 14.4 Å². The van der Waals surface area contributed by atoms with Gasteiger partial charge in [0.2, 0.25) is 0 Å². The molecule has 78 heavy (non-hydrogen) atoms. The molecule has 4 heterocycles. The first-order valence-electron chi connectivity index (χ1n) is 26.8. The molecular formula is C64H67FN10O3. The van der Waals surface area contributed by atoms with Gasteiger partial charge in [-0.15, -0.1) is 20.4 Å². The molecule has 0 spiro atoms. The van der Waals surface area contributed by atoms with E-state index in [1.807, 2.05) is 92.5 Å². The minimum absolute atomic E-state index is 0.0798. The summed E-state index contributed by atoms with van der Waals surface area (Å²) in [5, 5.41) is 24.8. The summed E-state index contributed by atoms with van der Waals surface area (Å²) in [5.74, 6) is -0.615. The van der Waals surface area contributed by atoms with Crippen LogP contribution in [0.3, 0.4) is 0 Å². The van der Waals surface area contributed by atoms with Crippen LogP contribution >= 0.6 is 0 Å². The normalized spacial score (nSPS) is 13.8. The van der Waals surface area contributed by atoms with Gasteiger partial charge < -0.3 is 31.6 Å². The number of carbonyl (C=O) groups excluding carboxylic acids is 3. The van der Waals surface area contributed by atoms with Crippen LogP contribution in [0.1, 0.15) is 106 Å². The van der Waals surface area contributed by atoms with Crippen LogP contribution in [0.2, 0.25) is 0 Å². The summed E-state index contributed by atoms with van der Waals surface area (Å²) in [7, 11) is 2.02. The first-order chi connectivity index (χ1) is 37.7. The number of fused-ring (bicyclic) bond motifs is 5. The maximum atomic E-state index is 14.1. The third kappa shape index (κ3) is 10.9. The van der Waals surface area contributed by atoms with Crippen molar-refractivity contribution in [2.75, 3.05) is 37.6 Å². The Bertz CT molecular complexity index is 3750. The molecule has 1 fully saturated rings. The molecule has 398 valence electrons. The molecule has 0 radical (unpaired) electrons. The summed E-state index contributed by atoms with van der Waals surface area (Å²) in [6.45, 7) is 15.0. The van der Waals surface area contributed by atoms with Crippen molar-refractivity contribution in [3.63, 3.8) is 0 Å². The minimum Gasteiger partial charge on any atom is -0.396 e. The molecule has 3 amide bonds. The zero-order valence-corrected chi connectivity index (χ0v) is 45.5. The second-order valence-corrected chi connectivity index (χ2v) is 20.3. The Morgan fingerprint density at radius 2 is 1.19 bits per heavy atom. The second-order valence-electron chi connectivity index (χ2n) is 20.3. The molecule has 11 rings (SSSR count). The lowest BCUT2D eigenvalue weighted by atomic mass is 9.83. The second kappa shape index (κ2) is 23.6. The monoisotopic (exact) mass is 1040 g/mol. The van der Waals surface area contributed by atoms with Gasteiger partial charge in [0.05, 0.1) is 11.4 Å². The average Bonchev–Trinajstić information content (AvgIpc) is 4.24. The van der Waals surface area contributed by atoms with Gasteiger partial charge in [0.1, 0.15) is 16.9 Å². The van der Waals surface area contributed by atoms with Crippen molar-refractivity contribution >= 4 is 67.4 Å². The number of nitrogens with zero attached hydrogens (tertiary/aromatic N) is 6. The maximum Gasteiger partial charge on any atom is 0.273 e. The van der Waals surface area contributed by atoms with E-state index in [9.17, 15) is 18.8 Å². The predicted molar refractivity (Wildman–Crippen MR) is 313 cm³/mol. The molecule has 0 bridgehead atoms. The van der Waals surface area contributed by atoms with E-state index in [1.165, 1.54) is 17.2 Å². The number of likely N-dealkylation sites (tertiary alicyclic amines) is 1. The number of aromatic nitrogens is 5. The molecular weight excluding hydrogens is 976 g/mol. The maximum absolute atomic E-state index is 14.1. The highest BCUT2D eigenvalue weighted by molar-refractivity contribution is 6.24. The zero-order chi connectivity index (χ0) is 55.2. The molecule has 1 aliphatic heterocycles. The van der Waals surface area contributed by atoms with Crippen molar-refractivity contribution in [1.82, 2.24) is 40.5 Å². The highest BCUT2D eigenvalue weighted by atomic mass is 19.1. The van der Waals surface area contributed by atoms with Crippen molar-refractivity contribution in [2.24, 2.45) is 7.05 Å². The molecule has 13 nitrogen and oxygen atoms in total. The van der Waals surface area contributed by atoms with Gasteiger partial charge in [-0.1, -0.05) is 129 Å². The Labute approximate surface area is 455 Å². The molecule has 1 saturated heterocycles. The van der Waals surface area contributed by atoms with E-state index < -0.39 is 0 Å². The van der Waals surface area contributed by atoms with Crippen LogP contribution in [0.5, 0.6) is 0 Å². The Balaban J connectivity index is 0.000000143. The van der Waals surface area contributed by atoms with Crippen molar-refractivity contribution in [1.29, 1.82) is 0 Å². The standard InChI is InChI=1S/C24H23FN2O.2C20H22N4O/c1-26-21-10-9-18(25)15-19(21)23-20(24(28)27-11-5-6-12-27)13-17(14-22(23)26)16-7-3-2-4-8-16;1-4-11-22-20(25)19-17(21)15-10-6-9-14(18(15)23-24-19)16-12(2)7-5-8-13(16)3;1-4-10-22-20(25)19-17(21)15-7-5-6-14(18(15)23-24-19)16-11-12(2)8-9-13(16)3/h2-4,7-10,13,15,17H,5-6,11-12,14H2,1H3;5-10H,4,11H2,1-3H3,(H2,21,23)(H,22,25);5-9,11H,4,10H2,1-3H3,(H2,21,23)(H,22,25). The zero-order valence-electron chi connectivity index (χ0n) is 45.5. The Morgan fingerprint density at radius 3 is 1.79 bits per heavy atom. The molecule has 2 aliphatic rings. The topological polar surface area (TPSA) is 187 Å². The molecule has 14 heteroatoms. The van der Waals surface area contributed by atoms with Crippen molar-refractivity contribution in [2.45, 2.75) is 79.6 Å². The summed E-state index contributed by atoms with van der Waals surface area (Å²) in [6.07, 6.45) is 6.73. The van der Waals surface area contributed by atoms with Crippen LogP contribution < -0.4 is 22.1 Å². The fourth-order valence-electron chi connectivity index (χ4n) is 10.7. The molecule has 6 N–H and O–H groups in total.